The van der Waals surface area contributed by atoms with Gasteiger partial charge < -0.3 is 0 Å². The predicted octanol–water partition coefficient (Wildman–Crippen LogP) is 4.11. The van der Waals surface area contributed by atoms with Crippen molar-refractivity contribution in [1.82, 2.24) is 4.31 Å². The zero-order valence-corrected chi connectivity index (χ0v) is 13.5. The number of hydrogen-bond donors (Lipinski definition) is 0. The largest absolute Gasteiger partial charge is 0.402 e. The van der Waals surface area contributed by atoms with E-state index in [-0.39, 0.29) is 6.54 Å². The summed E-state index contributed by atoms with van der Waals surface area (Å²) >= 11 is 1.30. The molecule has 0 aliphatic carbocycles. The first kappa shape index (κ1) is 17.7. The van der Waals surface area contributed by atoms with Gasteiger partial charge in [0, 0.05) is 12.0 Å². The molecule has 0 amide bonds. The Hall–Kier alpha value is -1.64. The molecule has 0 atom stereocenters. The molecule has 0 radical (unpaired) electrons. The van der Waals surface area contributed by atoms with Gasteiger partial charge in [0.15, 0.2) is 0 Å². The second kappa shape index (κ2) is 7.29. The summed E-state index contributed by atoms with van der Waals surface area (Å²) in [6.07, 6.45) is -3.32. The molecule has 0 saturated carbocycles. The fourth-order valence-corrected chi connectivity index (χ4v) is 3.65. The Morgan fingerprint density at radius 2 is 1.83 bits per heavy atom. The van der Waals surface area contributed by atoms with Crippen LogP contribution in [0.1, 0.15) is 11.1 Å². The molecule has 0 spiro atoms. The van der Waals surface area contributed by atoms with Crippen LogP contribution >= 0.6 is 11.3 Å². The normalized spacial score (nSPS) is 13.0. The van der Waals surface area contributed by atoms with Crippen molar-refractivity contribution in [3.8, 4) is 0 Å². The van der Waals surface area contributed by atoms with Crippen LogP contribution in [0.15, 0.2) is 52.6 Å². The van der Waals surface area contributed by atoms with E-state index >= 15 is 0 Å². The number of sulfonamides is 1. The van der Waals surface area contributed by atoms with Crippen molar-refractivity contribution in [3.63, 3.8) is 0 Å². The van der Waals surface area contributed by atoms with E-state index in [0.717, 1.165) is 5.41 Å². The molecule has 1 heterocycles. The summed E-state index contributed by atoms with van der Waals surface area (Å²) < 4.78 is 63.0. The van der Waals surface area contributed by atoms with Gasteiger partial charge in [0.2, 0.25) is 10.0 Å². The highest BCUT2D eigenvalue weighted by Gasteiger charge is 2.35. The van der Waals surface area contributed by atoms with Gasteiger partial charge in [-0.1, -0.05) is 30.3 Å². The fourth-order valence-electron chi connectivity index (χ4n) is 1.84. The van der Waals surface area contributed by atoms with E-state index in [4.69, 9.17) is 0 Å². The van der Waals surface area contributed by atoms with E-state index in [1.807, 2.05) is 0 Å². The molecule has 1 aromatic carbocycles. The Balaban J connectivity index is 2.23. The molecule has 0 unspecified atom stereocenters. The zero-order chi connectivity index (χ0) is 16.9. The summed E-state index contributed by atoms with van der Waals surface area (Å²) in [6, 6.07) is 10.1. The lowest BCUT2D eigenvalue weighted by Gasteiger charge is -2.21. The van der Waals surface area contributed by atoms with Gasteiger partial charge in [0.1, 0.15) is 6.54 Å². The predicted molar refractivity (Wildman–Crippen MR) is 85.2 cm³/mol. The Bertz CT molecular complexity index is 739. The molecule has 124 valence electrons. The molecule has 8 heteroatoms. The second-order valence-electron chi connectivity index (χ2n) is 4.77. The van der Waals surface area contributed by atoms with Crippen molar-refractivity contribution in [2.24, 2.45) is 0 Å². The number of hydrogen-bond acceptors (Lipinski definition) is 3. The summed E-state index contributed by atoms with van der Waals surface area (Å²) in [5.41, 5.74) is 1.12. The third-order valence-electron chi connectivity index (χ3n) is 2.89. The highest BCUT2D eigenvalue weighted by molar-refractivity contribution is 7.92. The van der Waals surface area contributed by atoms with Crippen LogP contribution in [0.25, 0.3) is 6.08 Å². The number of rotatable bonds is 6. The molecular weight excluding hydrogens is 347 g/mol. The molecule has 23 heavy (non-hydrogen) atoms. The van der Waals surface area contributed by atoms with Crippen LogP contribution in [0, 0.1) is 0 Å². The molecule has 0 aliphatic rings. The zero-order valence-electron chi connectivity index (χ0n) is 11.9. The van der Waals surface area contributed by atoms with Gasteiger partial charge in [-0.05, 0) is 34.0 Å². The minimum Gasteiger partial charge on any atom is -0.207 e. The Morgan fingerprint density at radius 1 is 1.13 bits per heavy atom. The number of halogens is 3. The summed E-state index contributed by atoms with van der Waals surface area (Å²) in [5, 5.41) is 4.12. The molecule has 0 bridgehead atoms. The van der Waals surface area contributed by atoms with E-state index in [1.54, 1.807) is 47.2 Å². The van der Waals surface area contributed by atoms with Crippen molar-refractivity contribution in [1.29, 1.82) is 0 Å². The number of benzene rings is 1. The quantitative estimate of drug-likeness (QED) is 0.776. The molecule has 2 rings (SSSR count). The average Bonchev–Trinajstić information content (AvgIpc) is 2.97. The van der Waals surface area contributed by atoms with Gasteiger partial charge in [0.25, 0.3) is 0 Å². The molecule has 0 saturated heterocycles. The molecule has 1 aromatic heterocycles. The van der Waals surface area contributed by atoms with Gasteiger partial charge in [-0.2, -0.15) is 28.8 Å². The summed E-state index contributed by atoms with van der Waals surface area (Å²) in [6.45, 7) is -1.84. The number of nitrogens with zero attached hydrogens (tertiary/aromatic N) is 1. The maximum Gasteiger partial charge on any atom is 0.402 e. The first-order valence-electron chi connectivity index (χ1n) is 6.57. The van der Waals surface area contributed by atoms with Crippen LogP contribution in [-0.2, 0) is 16.6 Å². The third-order valence-corrected chi connectivity index (χ3v) is 5.08. The smallest absolute Gasteiger partial charge is 0.207 e. The van der Waals surface area contributed by atoms with E-state index in [0.29, 0.717) is 15.4 Å². The van der Waals surface area contributed by atoms with Crippen LogP contribution in [0.3, 0.4) is 0 Å². The highest BCUT2D eigenvalue weighted by atomic mass is 32.2. The number of thiophene rings is 1. The van der Waals surface area contributed by atoms with Gasteiger partial charge in [-0.25, -0.2) is 8.42 Å². The Labute approximate surface area is 136 Å². The van der Waals surface area contributed by atoms with Crippen LogP contribution < -0.4 is 0 Å². The summed E-state index contributed by atoms with van der Waals surface area (Å²) in [5.74, 6) is 0. The minimum absolute atomic E-state index is 0.315. The van der Waals surface area contributed by atoms with Crippen LogP contribution in [0.4, 0.5) is 13.2 Å². The summed E-state index contributed by atoms with van der Waals surface area (Å²) in [4.78, 5) is 0. The first-order chi connectivity index (χ1) is 10.8. The highest BCUT2D eigenvalue weighted by Crippen LogP contribution is 2.22. The van der Waals surface area contributed by atoms with Crippen LogP contribution in [0.2, 0.25) is 0 Å². The monoisotopic (exact) mass is 361 g/mol. The Morgan fingerprint density at radius 3 is 2.39 bits per heavy atom. The number of alkyl halides is 3. The Kier molecular flexibility index (Phi) is 5.61. The lowest BCUT2D eigenvalue weighted by molar-refractivity contribution is -0.136. The average molecular weight is 361 g/mol. The van der Waals surface area contributed by atoms with E-state index in [2.05, 4.69) is 0 Å². The van der Waals surface area contributed by atoms with Gasteiger partial charge >= 0.3 is 6.18 Å². The minimum atomic E-state index is -4.61. The summed E-state index contributed by atoms with van der Waals surface area (Å²) in [7, 11) is -4.19. The van der Waals surface area contributed by atoms with Crippen LogP contribution in [-0.4, -0.2) is 25.4 Å². The molecule has 2 aromatic rings. The maximum absolute atomic E-state index is 12.7. The fraction of sp³-hybridized carbons (Fsp3) is 0.200. The molecule has 0 fully saturated rings. The van der Waals surface area contributed by atoms with Crippen molar-refractivity contribution >= 4 is 27.4 Å². The lowest BCUT2D eigenvalue weighted by atomic mass is 10.2. The SMILES string of the molecule is O=S(=O)(/C=C/c1ccccc1)N(Cc1ccsc1)CC(F)(F)F. The lowest BCUT2D eigenvalue weighted by Crippen LogP contribution is -2.37. The van der Waals surface area contributed by atoms with Crippen molar-refractivity contribution in [2.75, 3.05) is 6.54 Å². The molecular formula is C15H14F3NO2S2. The third kappa shape index (κ3) is 5.81. The van der Waals surface area contributed by atoms with Crippen molar-refractivity contribution < 1.29 is 21.6 Å². The van der Waals surface area contributed by atoms with Crippen molar-refractivity contribution in [3.05, 3.63) is 63.7 Å². The molecule has 3 nitrogen and oxygen atoms in total. The van der Waals surface area contributed by atoms with Gasteiger partial charge in [-0.15, -0.1) is 0 Å². The van der Waals surface area contributed by atoms with E-state index in [1.165, 1.54) is 17.4 Å². The van der Waals surface area contributed by atoms with E-state index < -0.39 is 22.7 Å². The topological polar surface area (TPSA) is 37.4 Å². The second-order valence-corrected chi connectivity index (χ2v) is 7.37. The molecule has 0 aliphatic heterocycles. The van der Waals surface area contributed by atoms with Crippen molar-refractivity contribution in [2.45, 2.75) is 12.7 Å². The first-order valence-corrected chi connectivity index (χ1v) is 9.02. The van der Waals surface area contributed by atoms with Crippen LogP contribution in [0.5, 0.6) is 0 Å². The van der Waals surface area contributed by atoms with Gasteiger partial charge in [-0.3, -0.25) is 0 Å². The molecule has 0 N–H and O–H groups in total. The van der Waals surface area contributed by atoms with Gasteiger partial charge in [0.05, 0.1) is 0 Å². The maximum atomic E-state index is 12.7. The standard InChI is InChI=1S/C15H14F3NO2S2/c16-15(17,18)12-19(10-14-6-8-22-11-14)23(20,21)9-7-13-4-2-1-3-5-13/h1-9,11H,10,12H2/b9-7+. The van der Waals surface area contributed by atoms with E-state index in [9.17, 15) is 21.6 Å².